The van der Waals surface area contributed by atoms with Crippen molar-refractivity contribution in [3.05, 3.63) is 24.3 Å². The first-order chi connectivity index (χ1) is 7.17. The van der Waals surface area contributed by atoms with Crippen LogP contribution in [0.5, 0.6) is 0 Å². The van der Waals surface area contributed by atoms with E-state index >= 15 is 0 Å². The molecule has 0 amide bonds. The zero-order valence-corrected chi connectivity index (χ0v) is 14.2. The van der Waals surface area contributed by atoms with E-state index in [-0.39, 0.29) is 18.9 Å². The van der Waals surface area contributed by atoms with E-state index < -0.39 is 16.5 Å². The molecule has 0 aliphatic heterocycles. The van der Waals surface area contributed by atoms with Crippen LogP contribution in [-0.2, 0) is 0 Å². The minimum absolute atomic E-state index is 0. The van der Waals surface area contributed by atoms with E-state index in [0.717, 1.165) is 5.69 Å². The van der Waals surface area contributed by atoms with Gasteiger partial charge in [-0.3, -0.25) is 0 Å². The third kappa shape index (κ3) is 6.99. The van der Waals surface area contributed by atoms with Crippen LogP contribution in [-0.4, -0.2) is 16.5 Å². The number of hydrogen-bond donors (Lipinski definition) is 2. The summed E-state index contributed by atoms with van der Waals surface area (Å²) in [6, 6.07) is 9.45. The van der Waals surface area contributed by atoms with Gasteiger partial charge in [-0.05, 0) is 0 Å². The van der Waals surface area contributed by atoms with Crippen LogP contribution in [0.4, 0.5) is 11.4 Å². The van der Waals surface area contributed by atoms with E-state index in [0.29, 0.717) is 0 Å². The third-order valence-corrected chi connectivity index (χ3v) is 3.89. The third-order valence-electron chi connectivity index (χ3n) is 1.87. The van der Waals surface area contributed by atoms with Gasteiger partial charge in [0.1, 0.15) is 16.5 Å². The molecule has 5 heteroatoms. The molecule has 17 heavy (non-hydrogen) atoms. The summed E-state index contributed by atoms with van der Waals surface area (Å²) in [5.41, 5.74) is 2.33. The zero-order chi connectivity index (χ0) is 12.4. The van der Waals surface area contributed by atoms with Crippen LogP contribution in [0, 0.1) is 6.07 Å². The molecule has 0 aliphatic rings. The number of anilines is 2. The van der Waals surface area contributed by atoms with Crippen molar-refractivity contribution in [2.45, 2.75) is 39.3 Å². The SMILES string of the molecule is C[Si](C)(C)Nc1[c-]cccc1N[Si](C)(C)C.[Li+]. The molecular weight excluding hydrogens is 235 g/mol. The fourth-order valence-electron chi connectivity index (χ4n) is 1.42. The molecule has 0 aliphatic carbocycles. The van der Waals surface area contributed by atoms with Crippen LogP contribution in [0.1, 0.15) is 0 Å². The van der Waals surface area contributed by atoms with Gasteiger partial charge in [0.15, 0.2) is 0 Å². The molecule has 1 aromatic carbocycles. The Hall–Kier alpha value is -0.149. The molecule has 0 unspecified atom stereocenters. The van der Waals surface area contributed by atoms with E-state index in [4.69, 9.17) is 0 Å². The number of benzene rings is 1. The van der Waals surface area contributed by atoms with E-state index in [1.807, 2.05) is 12.1 Å². The van der Waals surface area contributed by atoms with Crippen molar-refractivity contribution in [3.8, 4) is 0 Å². The maximum Gasteiger partial charge on any atom is 1.00 e. The number of rotatable bonds is 4. The van der Waals surface area contributed by atoms with Gasteiger partial charge in [0.25, 0.3) is 0 Å². The van der Waals surface area contributed by atoms with Gasteiger partial charge in [-0.2, -0.15) is 18.2 Å². The first kappa shape index (κ1) is 16.9. The molecule has 0 saturated heterocycles. The first-order valence-corrected chi connectivity index (χ1v) is 12.7. The summed E-state index contributed by atoms with van der Waals surface area (Å²) in [7, 11) is -2.61. The van der Waals surface area contributed by atoms with Crippen LogP contribution >= 0.6 is 0 Å². The summed E-state index contributed by atoms with van der Waals surface area (Å²) in [6.07, 6.45) is 0. The second-order valence-electron chi connectivity index (χ2n) is 6.21. The molecule has 2 nitrogen and oxygen atoms in total. The van der Waals surface area contributed by atoms with Crippen LogP contribution in [0.3, 0.4) is 0 Å². The average Bonchev–Trinajstić information content (AvgIpc) is 2.03. The molecule has 2 N–H and O–H groups in total. The van der Waals surface area contributed by atoms with E-state index in [1.165, 1.54) is 5.69 Å². The van der Waals surface area contributed by atoms with E-state index in [2.05, 4.69) is 61.4 Å². The van der Waals surface area contributed by atoms with Crippen molar-refractivity contribution in [1.29, 1.82) is 0 Å². The Balaban J connectivity index is 0.00000256. The second kappa shape index (κ2) is 6.15. The summed E-state index contributed by atoms with van der Waals surface area (Å²) in [5.74, 6) is 0. The monoisotopic (exact) mass is 258 g/mol. The number of nitrogens with one attached hydrogen (secondary N) is 2. The molecule has 0 bridgehead atoms. The molecule has 90 valence electrons. The van der Waals surface area contributed by atoms with Gasteiger partial charge in [0.2, 0.25) is 0 Å². The van der Waals surface area contributed by atoms with E-state index in [9.17, 15) is 0 Å². The van der Waals surface area contributed by atoms with Gasteiger partial charge in [0.05, 0.1) is 0 Å². The quantitative estimate of drug-likeness (QED) is 0.621. The Morgan fingerprint density at radius 1 is 0.941 bits per heavy atom. The van der Waals surface area contributed by atoms with Gasteiger partial charge in [0, 0.05) is 0 Å². The topological polar surface area (TPSA) is 24.1 Å². The zero-order valence-electron chi connectivity index (χ0n) is 12.2. The van der Waals surface area contributed by atoms with Crippen molar-refractivity contribution in [3.63, 3.8) is 0 Å². The molecule has 0 aromatic heterocycles. The molecule has 0 radical (unpaired) electrons. The van der Waals surface area contributed by atoms with Crippen molar-refractivity contribution in [2.24, 2.45) is 0 Å². The standard InChI is InChI=1S/C12H23N2Si2.Li/c1-15(2,3)13-11-9-7-8-10-12(11)14-16(4,5)6;/h7-9,13-14H,1-6H3;/q-1;+1. The molecule has 1 aromatic rings. The molecule has 1 rings (SSSR count). The largest absolute Gasteiger partial charge is 1.00 e. The maximum atomic E-state index is 3.64. The average molecular weight is 258 g/mol. The molecule has 0 heterocycles. The summed E-state index contributed by atoms with van der Waals surface area (Å²) in [5, 5.41) is 0. The van der Waals surface area contributed by atoms with Gasteiger partial charge in [-0.15, -0.1) is 6.07 Å². The minimum atomic E-state index is -1.31. The molecular formula is C12H23LiN2Si2. The van der Waals surface area contributed by atoms with Gasteiger partial charge in [-0.25, -0.2) is 0 Å². The van der Waals surface area contributed by atoms with Crippen molar-refractivity contribution < 1.29 is 18.9 Å². The fourth-order valence-corrected chi connectivity index (χ4v) is 3.40. The van der Waals surface area contributed by atoms with Gasteiger partial charge < -0.3 is 9.96 Å². The smallest absolute Gasteiger partial charge is 0.463 e. The van der Waals surface area contributed by atoms with Crippen LogP contribution in [0.2, 0.25) is 39.3 Å². The van der Waals surface area contributed by atoms with Crippen molar-refractivity contribution >= 4 is 27.8 Å². The van der Waals surface area contributed by atoms with Crippen molar-refractivity contribution in [2.75, 3.05) is 9.96 Å². The Morgan fingerprint density at radius 3 is 1.94 bits per heavy atom. The second-order valence-corrected chi connectivity index (χ2v) is 15.7. The van der Waals surface area contributed by atoms with Crippen LogP contribution in [0.15, 0.2) is 18.2 Å². The summed E-state index contributed by atoms with van der Waals surface area (Å²) >= 11 is 0. The van der Waals surface area contributed by atoms with Crippen LogP contribution < -0.4 is 28.8 Å². The van der Waals surface area contributed by atoms with Crippen molar-refractivity contribution in [1.82, 2.24) is 0 Å². The van der Waals surface area contributed by atoms with Crippen LogP contribution in [0.25, 0.3) is 0 Å². The molecule has 0 fully saturated rings. The van der Waals surface area contributed by atoms with Gasteiger partial charge in [-0.1, -0.05) is 50.7 Å². The minimum Gasteiger partial charge on any atom is -0.463 e. The Labute approximate surface area is 120 Å². The molecule has 0 saturated carbocycles. The van der Waals surface area contributed by atoms with Gasteiger partial charge >= 0.3 is 18.9 Å². The van der Waals surface area contributed by atoms with E-state index in [1.54, 1.807) is 0 Å². The first-order valence-electron chi connectivity index (χ1n) is 5.74. The predicted molar refractivity (Wildman–Crippen MR) is 79.2 cm³/mol. The molecule has 0 spiro atoms. The number of para-hydroxylation sites is 1. The summed E-state index contributed by atoms with van der Waals surface area (Å²) in [4.78, 5) is 7.26. The number of hydrogen-bond acceptors (Lipinski definition) is 2. The summed E-state index contributed by atoms with van der Waals surface area (Å²) in [6.45, 7) is 13.8. The molecule has 0 atom stereocenters. The Bertz CT molecular complexity index is 321. The maximum absolute atomic E-state index is 3.64. The normalized spacial score (nSPS) is 11.6. The summed E-state index contributed by atoms with van der Waals surface area (Å²) < 4.78 is 0. The Morgan fingerprint density at radius 2 is 1.47 bits per heavy atom. The predicted octanol–water partition coefficient (Wildman–Crippen LogP) is 0.984. The fraction of sp³-hybridized carbons (Fsp3) is 0.500. The Kier molecular flexibility index (Phi) is 6.09.